The number of nitrogens with one attached hydrogen (secondary N) is 1. The highest BCUT2D eigenvalue weighted by Crippen LogP contribution is 2.65. The molecule has 3 fully saturated rings. The van der Waals surface area contributed by atoms with Gasteiger partial charge in [-0.15, -0.1) is 0 Å². The van der Waals surface area contributed by atoms with E-state index in [1.165, 1.54) is 19.3 Å². The molecule has 4 nitrogen and oxygen atoms in total. The fourth-order valence-electron chi connectivity index (χ4n) is 5.00. The number of benzene rings is 1. The first-order chi connectivity index (χ1) is 10.3. The topological polar surface area (TPSA) is 70.6 Å². The summed E-state index contributed by atoms with van der Waals surface area (Å²) in [6.45, 7) is 0.761. The zero-order chi connectivity index (χ0) is 14.4. The van der Waals surface area contributed by atoms with Crippen molar-refractivity contribution in [3.63, 3.8) is 0 Å². The molecule has 3 saturated carbocycles. The second kappa shape index (κ2) is 5.02. The van der Waals surface area contributed by atoms with Crippen molar-refractivity contribution >= 4 is 5.84 Å². The summed E-state index contributed by atoms with van der Waals surface area (Å²) in [5.41, 5.74) is 7.00. The van der Waals surface area contributed by atoms with Crippen LogP contribution < -0.4 is 11.1 Å². The van der Waals surface area contributed by atoms with Gasteiger partial charge in [0.25, 0.3) is 0 Å². The van der Waals surface area contributed by atoms with Crippen molar-refractivity contribution in [2.45, 2.75) is 31.2 Å². The third-order valence-electron chi connectivity index (χ3n) is 5.97. The highest BCUT2D eigenvalue weighted by Gasteiger charge is 2.64. The van der Waals surface area contributed by atoms with E-state index in [-0.39, 0.29) is 5.92 Å². The highest BCUT2D eigenvalue weighted by molar-refractivity contribution is 5.87. The summed E-state index contributed by atoms with van der Waals surface area (Å²) in [4.78, 5) is 0. The van der Waals surface area contributed by atoms with Gasteiger partial charge in [0.05, 0.1) is 5.92 Å². The maximum absolute atomic E-state index is 9.04. The molecule has 112 valence electrons. The Balaban J connectivity index is 1.42. The molecule has 5 atom stereocenters. The van der Waals surface area contributed by atoms with Crippen molar-refractivity contribution in [1.29, 1.82) is 0 Å². The first kappa shape index (κ1) is 13.1. The van der Waals surface area contributed by atoms with Gasteiger partial charge >= 0.3 is 0 Å². The van der Waals surface area contributed by atoms with Gasteiger partial charge in [-0.05, 0) is 48.5 Å². The van der Waals surface area contributed by atoms with Crippen LogP contribution in [0.4, 0.5) is 0 Å². The molecule has 21 heavy (non-hydrogen) atoms. The summed E-state index contributed by atoms with van der Waals surface area (Å²) in [5, 5.41) is 16.0. The average Bonchev–Trinajstić information content (AvgIpc) is 2.92. The minimum Gasteiger partial charge on any atom is -0.409 e. The molecule has 3 aliphatic carbocycles. The van der Waals surface area contributed by atoms with E-state index in [9.17, 15) is 0 Å². The van der Waals surface area contributed by atoms with E-state index in [2.05, 4.69) is 10.5 Å². The number of rotatable bonds is 5. The van der Waals surface area contributed by atoms with Gasteiger partial charge in [0.2, 0.25) is 0 Å². The standard InChI is InChI=1S/C17H23N3O/c18-17(20-21)13(10-4-2-1-3-5-10)9-19-16-14-11-6-7-12(8-11)15(14)16/h1-5,11-16,19,21H,6-9H2,(H2,18,20). The largest absolute Gasteiger partial charge is 0.409 e. The molecule has 4 rings (SSSR count). The number of fused-ring (bicyclic) bond motifs is 5. The lowest BCUT2D eigenvalue weighted by molar-refractivity contribution is 0.315. The minimum atomic E-state index is -0.0461. The van der Waals surface area contributed by atoms with Gasteiger partial charge in [0.1, 0.15) is 5.84 Å². The van der Waals surface area contributed by atoms with Crippen LogP contribution in [-0.2, 0) is 0 Å². The van der Waals surface area contributed by atoms with E-state index < -0.39 is 0 Å². The van der Waals surface area contributed by atoms with Crippen molar-refractivity contribution in [2.24, 2.45) is 34.6 Å². The highest BCUT2D eigenvalue weighted by atomic mass is 16.4. The summed E-state index contributed by atoms with van der Waals surface area (Å²) in [6, 6.07) is 10.7. The van der Waals surface area contributed by atoms with Crippen LogP contribution in [0.2, 0.25) is 0 Å². The maximum atomic E-state index is 9.04. The SMILES string of the molecule is N/C(=N/O)C(CNC1C2C3CCC(C3)C12)c1ccccc1. The maximum Gasteiger partial charge on any atom is 0.147 e. The Morgan fingerprint density at radius 1 is 1.24 bits per heavy atom. The Hall–Kier alpha value is -1.55. The quantitative estimate of drug-likeness (QED) is 0.336. The lowest BCUT2D eigenvalue weighted by Gasteiger charge is -2.18. The first-order valence-electron chi connectivity index (χ1n) is 8.05. The van der Waals surface area contributed by atoms with Crippen molar-refractivity contribution < 1.29 is 5.21 Å². The predicted octanol–water partition coefficient (Wildman–Crippen LogP) is 2.15. The van der Waals surface area contributed by atoms with E-state index in [1.807, 2.05) is 30.3 Å². The molecule has 0 heterocycles. The Labute approximate surface area is 125 Å². The normalized spacial score (nSPS) is 38.3. The molecule has 0 saturated heterocycles. The van der Waals surface area contributed by atoms with Crippen LogP contribution in [0.15, 0.2) is 35.5 Å². The number of hydrogen-bond donors (Lipinski definition) is 3. The number of nitrogens with zero attached hydrogens (tertiary/aromatic N) is 1. The van der Waals surface area contributed by atoms with E-state index in [4.69, 9.17) is 10.9 Å². The van der Waals surface area contributed by atoms with Gasteiger partial charge in [-0.25, -0.2) is 0 Å². The molecule has 0 aromatic heterocycles. The summed E-state index contributed by atoms with van der Waals surface area (Å²) in [5.74, 6) is 4.01. The van der Waals surface area contributed by atoms with Crippen molar-refractivity contribution in [3.8, 4) is 0 Å². The van der Waals surface area contributed by atoms with Gasteiger partial charge in [-0.1, -0.05) is 35.5 Å². The smallest absolute Gasteiger partial charge is 0.147 e. The van der Waals surface area contributed by atoms with Crippen LogP contribution in [-0.4, -0.2) is 23.6 Å². The van der Waals surface area contributed by atoms with Crippen LogP contribution in [0.25, 0.3) is 0 Å². The number of hydrogen-bond acceptors (Lipinski definition) is 3. The zero-order valence-electron chi connectivity index (χ0n) is 12.2. The van der Waals surface area contributed by atoms with Crippen molar-refractivity contribution in [3.05, 3.63) is 35.9 Å². The fourth-order valence-corrected chi connectivity index (χ4v) is 5.00. The van der Waals surface area contributed by atoms with Gasteiger partial charge in [0.15, 0.2) is 0 Å². The lowest BCUT2D eigenvalue weighted by atomic mass is 9.97. The molecule has 3 aliphatic rings. The molecule has 0 aliphatic heterocycles. The van der Waals surface area contributed by atoms with E-state index in [0.717, 1.165) is 35.8 Å². The second-order valence-electron chi connectivity index (χ2n) is 6.91. The summed E-state index contributed by atoms with van der Waals surface area (Å²) in [6.07, 6.45) is 4.34. The van der Waals surface area contributed by atoms with Gasteiger partial charge < -0.3 is 16.3 Å². The third kappa shape index (κ3) is 2.13. The molecule has 0 amide bonds. The third-order valence-corrected chi connectivity index (χ3v) is 5.97. The summed E-state index contributed by atoms with van der Waals surface area (Å²) >= 11 is 0. The molecule has 5 unspecified atom stereocenters. The molecule has 1 aromatic rings. The molecule has 2 bridgehead atoms. The fraction of sp³-hybridized carbons (Fsp3) is 0.588. The summed E-state index contributed by atoms with van der Waals surface area (Å²) < 4.78 is 0. The van der Waals surface area contributed by atoms with Crippen LogP contribution >= 0.6 is 0 Å². The average molecular weight is 285 g/mol. The van der Waals surface area contributed by atoms with E-state index in [0.29, 0.717) is 11.9 Å². The number of amidine groups is 1. The molecule has 0 radical (unpaired) electrons. The van der Waals surface area contributed by atoms with Crippen LogP contribution in [0, 0.1) is 23.7 Å². The molecule has 4 heteroatoms. The van der Waals surface area contributed by atoms with Crippen LogP contribution in [0.5, 0.6) is 0 Å². The molecule has 4 N–H and O–H groups in total. The van der Waals surface area contributed by atoms with Crippen molar-refractivity contribution in [2.75, 3.05) is 6.54 Å². The Kier molecular flexibility index (Phi) is 3.14. The Bertz CT molecular complexity index is 528. The van der Waals surface area contributed by atoms with Crippen LogP contribution in [0.1, 0.15) is 30.7 Å². The number of nitrogens with two attached hydrogens (primary N) is 1. The first-order valence-corrected chi connectivity index (χ1v) is 8.05. The molecular weight excluding hydrogens is 262 g/mol. The van der Waals surface area contributed by atoms with Gasteiger partial charge in [-0.3, -0.25) is 0 Å². The van der Waals surface area contributed by atoms with Gasteiger partial charge in [0, 0.05) is 12.6 Å². The van der Waals surface area contributed by atoms with Crippen molar-refractivity contribution in [1.82, 2.24) is 5.32 Å². The Morgan fingerprint density at radius 2 is 1.90 bits per heavy atom. The zero-order valence-corrected chi connectivity index (χ0v) is 12.2. The van der Waals surface area contributed by atoms with Gasteiger partial charge in [-0.2, -0.15) is 0 Å². The Morgan fingerprint density at radius 3 is 2.52 bits per heavy atom. The van der Waals surface area contributed by atoms with E-state index in [1.54, 1.807) is 0 Å². The molecule has 1 aromatic carbocycles. The molecular formula is C17H23N3O. The summed E-state index contributed by atoms with van der Waals surface area (Å²) in [7, 11) is 0. The number of oxime groups is 1. The van der Waals surface area contributed by atoms with E-state index >= 15 is 0 Å². The van der Waals surface area contributed by atoms with Crippen LogP contribution in [0.3, 0.4) is 0 Å². The monoisotopic (exact) mass is 285 g/mol. The second-order valence-corrected chi connectivity index (χ2v) is 6.91. The minimum absolute atomic E-state index is 0.0461. The molecule has 0 spiro atoms. The predicted molar refractivity (Wildman–Crippen MR) is 82.2 cm³/mol. The lowest BCUT2D eigenvalue weighted by Crippen LogP contribution is -2.34.